The molecule has 192 valence electrons. The van der Waals surface area contributed by atoms with Gasteiger partial charge < -0.3 is 14.4 Å². The number of carbonyl (C=O) groups excluding carboxylic acids is 2. The van der Waals surface area contributed by atoms with E-state index in [1.165, 1.54) is 11.3 Å². The van der Waals surface area contributed by atoms with Crippen molar-refractivity contribution in [1.29, 1.82) is 0 Å². The van der Waals surface area contributed by atoms with E-state index >= 15 is 0 Å². The Morgan fingerprint density at radius 2 is 1.78 bits per heavy atom. The Bertz CT molecular complexity index is 1350. The van der Waals surface area contributed by atoms with E-state index in [4.69, 9.17) is 14.5 Å². The fourth-order valence-corrected chi connectivity index (χ4v) is 4.63. The number of thiophene rings is 1. The van der Waals surface area contributed by atoms with E-state index in [2.05, 4.69) is 5.32 Å². The summed E-state index contributed by atoms with van der Waals surface area (Å²) in [7, 11) is 3.15. The fraction of sp³-hybridized carbons (Fsp3) is 0.250. The molecular weight excluding hydrogens is 488 g/mol. The Morgan fingerprint density at radius 1 is 1.03 bits per heavy atom. The molecule has 0 aliphatic heterocycles. The molecule has 4 aromatic rings. The van der Waals surface area contributed by atoms with Crippen molar-refractivity contribution in [2.24, 2.45) is 5.92 Å². The second-order valence-electron chi connectivity index (χ2n) is 8.83. The summed E-state index contributed by atoms with van der Waals surface area (Å²) in [6, 6.07) is 18.8. The number of hydrogen-bond donors (Lipinski definition) is 1. The third-order valence-corrected chi connectivity index (χ3v) is 6.47. The van der Waals surface area contributed by atoms with Crippen LogP contribution in [0, 0.1) is 5.92 Å². The van der Waals surface area contributed by atoms with Crippen LogP contribution in [0.3, 0.4) is 0 Å². The largest absolute Gasteiger partial charge is 0.493 e. The molecule has 2 amide bonds. The van der Waals surface area contributed by atoms with Crippen LogP contribution in [0.2, 0.25) is 0 Å². The lowest BCUT2D eigenvalue weighted by atomic mass is 10.2. The molecule has 0 fully saturated rings. The van der Waals surface area contributed by atoms with Gasteiger partial charge >= 0.3 is 0 Å². The highest BCUT2D eigenvalue weighted by Crippen LogP contribution is 2.31. The van der Waals surface area contributed by atoms with Crippen LogP contribution in [-0.2, 0) is 4.79 Å². The highest BCUT2D eigenvalue weighted by Gasteiger charge is 2.22. The van der Waals surface area contributed by atoms with Gasteiger partial charge in [0, 0.05) is 24.4 Å². The van der Waals surface area contributed by atoms with Gasteiger partial charge in [-0.15, -0.1) is 11.3 Å². The Hall–Kier alpha value is -4.11. The van der Waals surface area contributed by atoms with Gasteiger partial charge in [-0.25, -0.2) is 4.98 Å². The summed E-state index contributed by atoms with van der Waals surface area (Å²) in [6.45, 7) is 4.41. The maximum Gasteiger partial charge on any atom is 0.264 e. The number of ether oxygens (including phenoxy) is 2. The van der Waals surface area contributed by atoms with Crippen molar-refractivity contribution in [1.82, 2.24) is 14.5 Å². The Morgan fingerprint density at radius 3 is 2.43 bits per heavy atom. The molecule has 4 rings (SSSR count). The second-order valence-corrected chi connectivity index (χ2v) is 9.78. The van der Waals surface area contributed by atoms with Crippen LogP contribution in [0.25, 0.3) is 16.9 Å². The van der Waals surface area contributed by atoms with Crippen molar-refractivity contribution in [3.05, 3.63) is 77.1 Å². The molecule has 37 heavy (non-hydrogen) atoms. The molecule has 1 N–H and O–H groups in total. The smallest absolute Gasteiger partial charge is 0.264 e. The van der Waals surface area contributed by atoms with Crippen LogP contribution in [0.15, 0.2) is 72.2 Å². The maximum atomic E-state index is 13.2. The molecule has 0 atom stereocenters. The van der Waals surface area contributed by atoms with Crippen molar-refractivity contribution < 1.29 is 19.1 Å². The molecule has 9 heteroatoms. The van der Waals surface area contributed by atoms with E-state index < -0.39 is 0 Å². The van der Waals surface area contributed by atoms with Crippen molar-refractivity contribution in [3.63, 3.8) is 0 Å². The zero-order valence-corrected chi connectivity index (χ0v) is 22.1. The second kappa shape index (κ2) is 11.7. The Labute approximate surface area is 220 Å². The van der Waals surface area contributed by atoms with Crippen LogP contribution in [0.4, 0.5) is 5.95 Å². The van der Waals surface area contributed by atoms with E-state index in [0.717, 1.165) is 11.3 Å². The van der Waals surface area contributed by atoms with Gasteiger partial charge in [0.25, 0.3) is 5.91 Å². The van der Waals surface area contributed by atoms with Crippen LogP contribution < -0.4 is 14.8 Å². The van der Waals surface area contributed by atoms with E-state index in [0.29, 0.717) is 34.6 Å². The fourth-order valence-electron chi connectivity index (χ4n) is 3.94. The minimum Gasteiger partial charge on any atom is -0.493 e. The summed E-state index contributed by atoms with van der Waals surface area (Å²) in [5.41, 5.74) is 2.34. The standard InChI is InChI=1S/C28H30N4O4S/c1-19(2)16-31(27(34)25-11-8-14-37-25)18-26(33)30-28-29-22(20-9-6-5-7-10-20)17-32(28)21-12-13-23(35-3)24(15-21)36-4/h5-15,17,19H,16,18H2,1-4H3,(H,29,30,33). The summed E-state index contributed by atoms with van der Waals surface area (Å²) in [5.74, 6) is 1.19. The van der Waals surface area contributed by atoms with Gasteiger partial charge in [-0.2, -0.15) is 0 Å². The molecule has 2 aromatic heterocycles. The zero-order chi connectivity index (χ0) is 26.4. The number of carbonyl (C=O) groups is 2. The Kier molecular flexibility index (Phi) is 8.25. The summed E-state index contributed by atoms with van der Waals surface area (Å²) in [6.07, 6.45) is 1.86. The van der Waals surface area contributed by atoms with Crippen LogP contribution in [0.5, 0.6) is 11.5 Å². The first-order valence-corrected chi connectivity index (χ1v) is 12.8. The molecule has 0 bridgehead atoms. The van der Waals surface area contributed by atoms with Crippen LogP contribution in [0.1, 0.15) is 23.5 Å². The maximum absolute atomic E-state index is 13.2. The minimum atomic E-state index is -0.336. The minimum absolute atomic E-state index is 0.0889. The molecule has 0 unspecified atom stereocenters. The molecule has 0 saturated carbocycles. The van der Waals surface area contributed by atoms with Gasteiger partial charge in [-0.05, 0) is 29.5 Å². The molecule has 0 aliphatic rings. The lowest BCUT2D eigenvalue weighted by Gasteiger charge is -2.23. The van der Waals surface area contributed by atoms with E-state index in [1.807, 2.05) is 74.0 Å². The van der Waals surface area contributed by atoms with E-state index in [1.54, 1.807) is 35.8 Å². The number of aromatic nitrogens is 2. The number of anilines is 1. The lowest BCUT2D eigenvalue weighted by molar-refractivity contribution is -0.117. The van der Waals surface area contributed by atoms with Crippen molar-refractivity contribution in [2.45, 2.75) is 13.8 Å². The van der Waals surface area contributed by atoms with Crippen molar-refractivity contribution >= 4 is 29.1 Å². The molecular formula is C28H30N4O4S. The molecule has 0 aliphatic carbocycles. The number of nitrogens with one attached hydrogen (secondary N) is 1. The monoisotopic (exact) mass is 518 g/mol. The third-order valence-electron chi connectivity index (χ3n) is 5.61. The predicted molar refractivity (Wildman–Crippen MR) is 146 cm³/mol. The first kappa shape index (κ1) is 26.0. The van der Waals surface area contributed by atoms with E-state index in [-0.39, 0.29) is 24.3 Å². The molecule has 0 radical (unpaired) electrons. The van der Waals surface area contributed by atoms with Gasteiger partial charge in [0.2, 0.25) is 11.9 Å². The van der Waals surface area contributed by atoms with Crippen LogP contribution >= 0.6 is 11.3 Å². The molecule has 2 aromatic carbocycles. The first-order valence-electron chi connectivity index (χ1n) is 11.9. The Balaban J connectivity index is 1.65. The van der Waals surface area contributed by atoms with Gasteiger partial charge in [0.1, 0.15) is 6.54 Å². The lowest BCUT2D eigenvalue weighted by Crippen LogP contribution is -2.40. The number of amides is 2. The van der Waals surface area contributed by atoms with Crippen LogP contribution in [-0.4, -0.2) is 53.6 Å². The summed E-state index contributed by atoms with van der Waals surface area (Å²) >= 11 is 1.36. The van der Waals surface area contributed by atoms with Crippen molar-refractivity contribution in [2.75, 3.05) is 32.6 Å². The predicted octanol–water partition coefficient (Wildman–Crippen LogP) is 5.35. The first-order chi connectivity index (χ1) is 17.9. The number of nitrogens with zero attached hydrogens (tertiary/aromatic N) is 3. The third kappa shape index (κ3) is 6.18. The zero-order valence-electron chi connectivity index (χ0n) is 21.3. The highest BCUT2D eigenvalue weighted by atomic mass is 32.1. The van der Waals surface area contributed by atoms with Gasteiger partial charge in [0.05, 0.1) is 30.5 Å². The van der Waals surface area contributed by atoms with E-state index in [9.17, 15) is 9.59 Å². The number of imidazole rings is 1. The molecule has 8 nitrogen and oxygen atoms in total. The normalized spacial score (nSPS) is 10.8. The van der Waals surface area contributed by atoms with Crippen molar-refractivity contribution in [3.8, 4) is 28.4 Å². The van der Waals surface area contributed by atoms with Gasteiger partial charge in [-0.1, -0.05) is 50.2 Å². The average molecular weight is 519 g/mol. The highest BCUT2D eigenvalue weighted by molar-refractivity contribution is 7.12. The van der Waals surface area contributed by atoms with Gasteiger partial charge in [-0.3, -0.25) is 19.5 Å². The molecule has 2 heterocycles. The topological polar surface area (TPSA) is 85.7 Å². The SMILES string of the molecule is COc1ccc(-n2cc(-c3ccccc3)nc2NC(=O)CN(CC(C)C)C(=O)c2cccs2)cc1OC. The average Bonchev–Trinajstić information content (AvgIpc) is 3.58. The quantitative estimate of drug-likeness (QED) is 0.306. The summed E-state index contributed by atoms with van der Waals surface area (Å²) < 4.78 is 12.6. The number of rotatable bonds is 10. The molecule has 0 saturated heterocycles. The number of hydrogen-bond acceptors (Lipinski definition) is 6. The number of methoxy groups -OCH3 is 2. The summed E-state index contributed by atoms with van der Waals surface area (Å²) in [4.78, 5) is 33.2. The molecule has 0 spiro atoms. The summed E-state index contributed by atoms with van der Waals surface area (Å²) in [5, 5.41) is 4.77. The van der Waals surface area contributed by atoms with Gasteiger partial charge in [0.15, 0.2) is 11.5 Å². The number of benzene rings is 2.